The molecule has 0 spiro atoms. The second-order valence-corrected chi connectivity index (χ2v) is 15.6. The van der Waals surface area contributed by atoms with E-state index >= 15 is 0 Å². The molecular formula is C46H38Cl6N6O3. The first-order valence-electron chi connectivity index (χ1n) is 18.6. The molecule has 4 aromatic heterocycles. The van der Waals surface area contributed by atoms with E-state index in [1.54, 1.807) is 67.3 Å². The molecule has 0 saturated heterocycles. The largest absolute Gasteiger partial charge is 0.506 e. The lowest BCUT2D eigenvalue weighted by atomic mass is 9.95. The van der Waals surface area contributed by atoms with Crippen LogP contribution in [0.3, 0.4) is 0 Å². The Morgan fingerprint density at radius 3 is 1.84 bits per heavy atom. The van der Waals surface area contributed by atoms with Crippen LogP contribution in [0.2, 0.25) is 30.1 Å². The Balaban J connectivity index is 0.000000184. The number of nitrogens with two attached hydrogens (primary N) is 1. The molecule has 8 aromatic rings. The molecule has 0 aliphatic rings. The first kappa shape index (κ1) is 46.7. The lowest BCUT2D eigenvalue weighted by Crippen LogP contribution is -2.15. The normalized spacial score (nSPS) is 11.0. The molecule has 0 aliphatic heterocycles. The standard InChI is InChI=1S/C23H18Cl3N3O.C9H7NO.C7H4Cl2O.C7H9ClN2/c1-2-13-10-16(25)12-28-23(13)29-21(18-11-15(24)6-8-19(18)26)17-7-5-14-4-3-9-27-20(14)22(17)30;11-8-5-1-3-7-4-2-6-10-9(7)8;8-6-1-2-7(9)5(3-6)4-10;1-2-5-3-6(8)4-10-7(5)9/h3-12,21,30H,2H2,1H3,(H,28,29);1-6,11H;1-4H;3-4H,2H2,1H3,(H2,9,10). The van der Waals surface area contributed by atoms with Crippen molar-refractivity contribution in [2.45, 2.75) is 32.7 Å². The Hall–Kier alpha value is -5.39. The highest BCUT2D eigenvalue weighted by Gasteiger charge is 2.24. The fraction of sp³-hybridized carbons (Fsp3) is 0.109. The van der Waals surface area contributed by atoms with E-state index in [0.29, 0.717) is 75.8 Å². The van der Waals surface area contributed by atoms with Gasteiger partial charge in [-0.05, 0) is 96.3 Å². The van der Waals surface area contributed by atoms with Gasteiger partial charge < -0.3 is 21.3 Å². The van der Waals surface area contributed by atoms with E-state index < -0.39 is 6.04 Å². The van der Waals surface area contributed by atoms with Crippen molar-refractivity contribution >= 4 is 109 Å². The molecule has 0 bridgehead atoms. The van der Waals surface area contributed by atoms with E-state index in [-0.39, 0.29) is 11.5 Å². The van der Waals surface area contributed by atoms with E-state index in [2.05, 4.69) is 25.3 Å². The third kappa shape index (κ3) is 12.6. The van der Waals surface area contributed by atoms with E-state index in [0.717, 1.165) is 34.7 Å². The first-order chi connectivity index (χ1) is 29.3. The second kappa shape index (κ2) is 22.5. The smallest absolute Gasteiger partial charge is 0.151 e. The fourth-order valence-corrected chi connectivity index (χ4v) is 7.03. The summed E-state index contributed by atoms with van der Waals surface area (Å²) in [6, 6.07) is 29.8. The number of nitrogen functional groups attached to an aromatic ring is 1. The van der Waals surface area contributed by atoms with Gasteiger partial charge in [0.2, 0.25) is 0 Å². The third-order valence-electron chi connectivity index (χ3n) is 9.00. The van der Waals surface area contributed by atoms with Crippen LogP contribution in [-0.2, 0) is 12.8 Å². The number of benzene rings is 4. The molecule has 1 unspecified atom stereocenters. The van der Waals surface area contributed by atoms with Crippen LogP contribution in [0.5, 0.6) is 11.5 Å². The molecule has 0 amide bonds. The van der Waals surface area contributed by atoms with E-state index in [1.165, 1.54) is 6.07 Å². The predicted octanol–water partition coefficient (Wildman–Crippen LogP) is 13.7. The van der Waals surface area contributed by atoms with Gasteiger partial charge in [-0.2, -0.15) is 0 Å². The van der Waals surface area contributed by atoms with Crippen LogP contribution in [0.15, 0.2) is 128 Å². The van der Waals surface area contributed by atoms with Gasteiger partial charge >= 0.3 is 0 Å². The van der Waals surface area contributed by atoms with Gasteiger partial charge in [-0.25, -0.2) is 9.97 Å². The maximum atomic E-state index is 11.1. The zero-order valence-corrected chi connectivity index (χ0v) is 37.2. The number of aromatic nitrogens is 4. The number of hydrogen-bond donors (Lipinski definition) is 4. The number of para-hydroxylation sites is 1. The maximum absolute atomic E-state index is 11.1. The average Bonchev–Trinajstić information content (AvgIpc) is 3.27. The van der Waals surface area contributed by atoms with Crippen molar-refractivity contribution in [1.29, 1.82) is 0 Å². The number of carbonyl (C=O) groups excluding carboxylic acids is 1. The van der Waals surface area contributed by atoms with Crippen molar-refractivity contribution < 1.29 is 15.0 Å². The lowest BCUT2D eigenvalue weighted by molar-refractivity contribution is 0.112. The minimum Gasteiger partial charge on any atom is -0.506 e. The number of hydrogen-bond acceptors (Lipinski definition) is 9. The monoisotopic (exact) mass is 932 g/mol. The molecule has 0 fully saturated rings. The van der Waals surface area contributed by atoms with Gasteiger partial charge in [0.05, 0.1) is 21.1 Å². The summed E-state index contributed by atoms with van der Waals surface area (Å²) in [5.41, 5.74) is 10.4. The highest BCUT2D eigenvalue weighted by atomic mass is 35.5. The van der Waals surface area contributed by atoms with Gasteiger partial charge in [0.25, 0.3) is 0 Å². The molecule has 8 rings (SSSR count). The maximum Gasteiger partial charge on any atom is 0.151 e. The molecule has 4 aromatic carbocycles. The Bertz CT molecular complexity index is 2770. The molecule has 61 heavy (non-hydrogen) atoms. The molecule has 4 heterocycles. The molecule has 5 N–H and O–H groups in total. The number of aryl methyl sites for hydroxylation is 2. The van der Waals surface area contributed by atoms with Gasteiger partial charge in [0.1, 0.15) is 34.2 Å². The van der Waals surface area contributed by atoms with Crippen molar-refractivity contribution in [2.24, 2.45) is 0 Å². The Labute approximate surface area is 383 Å². The molecule has 9 nitrogen and oxygen atoms in total. The van der Waals surface area contributed by atoms with Crippen molar-refractivity contribution in [3.8, 4) is 11.5 Å². The summed E-state index contributed by atoms with van der Waals surface area (Å²) in [6.07, 6.45) is 8.74. The minimum absolute atomic E-state index is 0.0775. The Morgan fingerprint density at radius 1 is 0.623 bits per heavy atom. The molecule has 0 aliphatic carbocycles. The molecule has 312 valence electrons. The van der Waals surface area contributed by atoms with Gasteiger partial charge in [0.15, 0.2) is 6.29 Å². The number of aromatic hydroxyl groups is 2. The molecule has 1 atom stereocenters. The van der Waals surface area contributed by atoms with E-state index in [4.69, 9.17) is 75.3 Å². The number of aldehydes is 1. The zero-order chi connectivity index (χ0) is 44.1. The van der Waals surface area contributed by atoms with Crippen LogP contribution in [0.1, 0.15) is 52.5 Å². The predicted molar refractivity (Wildman–Crippen MR) is 252 cm³/mol. The summed E-state index contributed by atoms with van der Waals surface area (Å²) < 4.78 is 0. The third-order valence-corrected chi connectivity index (χ3v) is 10.6. The highest BCUT2D eigenvalue weighted by Crippen LogP contribution is 2.40. The fourth-order valence-electron chi connectivity index (χ4n) is 5.92. The van der Waals surface area contributed by atoms with Crippen LogP contribution in [0.25, 0.3) is 21.8 Å². The number of phenolic OH excluding ortho intramolecular Hbond substituents is 2. The lowest BCUT2D eigenvalue weighted by Gasteiger charge is -2.24. The second-order valence-electron chi connectivity index (χ2n) is 13.0. The number of nitrogens with zero attached hydrogens (tertiary/aromatic N) is 4. The van der Waals surface area contributed by atoms with Crippen LogP contribution in [0.4, 0.5) is 11.6 Å². The molecule has 0 radical (unpaired) electrons. The number of nitrogens with one attached hydrogen (secondary N) is 1. The number of pyridine rings is 4. The SMILES string of the molecule is CCc1cc(Cl)cnc1N.CCc1cc(Cl)cnc1NC(c1cc(Cl)ccc1Cl)c1ccc2cccnc2c1O.O=Cc1cc(Cl)ccc1Cl.Oc1cccc2cccnc12. The van der Waals surface area contributed by atoms with Crippen LogP contribution >= 0.6 is 69.6 Å². The number of anilines is 2. The Morgan fingerprint density at radius 2 is 1.21 bits per heavy atom. The number of carbonyl (C=O) groups is 1. The van der Waals surface area contributed by atoms with Gasteiger partial charge in [0, 0.05) is 61.8 Å². The molecular weight excluding hydrogens is 897 g/mol. The average molecular weight is 936 g/mol. The van der Waals surface area contributed by atoms with Crippen LogP contribution < -0.4 is 11.1 Å². The summed E-state index contributed by atoms with van der Waals surface area (Å²) in [5.74, 6) is 1.55. The summed E-state index contributed by atoms with van der Waals surface area (Å²) in [7, 11) is 0. The molecule has 0 saturated carbocycles. The number of fused-ring (bicyclic) bond motifs is 2. The van der Waals surface area contributed by atoms with E-state index in [9.17, 15) is 15.0 Å². The first-order valence-corrected chi connectivity index (χ1v) is 20.9. The van der Waals surface area contributed by atoms with Crippen molar-refractivity contribution in [3.63, 3.8) is 0 Å². The van der Waals surface area contributed by atoms with Crippen LogP contribution in [-0.4, -0.2) is 36.4 Å². The highest BCUT2D eigenvalue weighted by molar-refractivity contribution is 6.35. The summed E-state index contributed by atoms with van der Waals surface area (Å²) in [6.45, 7) is 4.04. The van der Waals surface area contributed by atoms with Crippen molar-refractivity contribution in [2.75, 3.05) is 11.1 Å². The molecule has 15 heteroatoms. The number of rotatable bonds is 7. The summed E-state index contributed by atoms with van der Waals surface area (Å²) >= 11 is 35.8. The summed E-state index contributed by atoms with van der Waals surface area (Å²) in [4.78, 5) is 27.0. The summed E-state index contributed by atoms with van der Waals surface area (Å²) in [5, 5.41) is 28.8. The zero-order valence-electron chi connectivity index (χ0n) is 32.6. The van der Waals surface area contributed by atoms with Gasteiger partial charge in [-0.3, -0.25) is 14.8 Å². The van der Waals surface area contributed by atoms with Crippen LogP contribution in [0, 0.1) is 0 Å². The van der Waals surface area contributed by atoms with Crippen molar-refractivity contribution in [1.82, 2.24) is 19.9 Å². The van der Waals surface area contributed by atoms with E-state index in [1.807, 2.05) is 68.4 Å². The topological polar surface area (TPSA) is 147 Å². The number of phenols is 2. The van der Waals surface area contributed by atoms with Gasteiger partial charge in [-0.15, -0.1) is 0 Å². The minimum atomic E-state index is -0.512. The van der Waals surface area contributed by atoms with Crippen molar-refractivity contribution in [3.05, 3.63) is 186 Å². The number of halogens is 6. The Kier molecular flexibility index (Phi) is 17.2. The van der Waals surface area contributed by atoms with Gasteiger partial charge in [-0.1, -0.05) is 120 Å². The quantitative estimate of drug-likeness (QED) is 0.115.